The molecular weight excluding hydrogens is 320 g/mol. The number of rotatable bonds is 3. The number of aliphatic hydroxyl groups is 1. The molecule has 1 aromatic heterocycles. The van der Waals surface area contributed by atoms with E-state index in [2.05, 4.69) is 15.6 Å². The third-order valence-electron chi connectivity index (χ3n) is 3.84. The third kappa shape index (κ3) is 3.74. The number of amides is 2. The summed E-state index contributed by atoms with van der Waals surface area (Å²) in [6.07, 6.45) is 2.61. The van der Waals surface area contributed by atoms with E-state index in [9.17, 15) is 20.0 Å². The lowest BCUT2D eigenvalue weighted by atomic mass is 9.93. The second kappa shape index (κ2) is 6.47. The molecule has 122 valence electrons. The number of hydrogen-bond acceptors (Lipinski definition) is 6. The number of nitrogens with zero attached hydrogens (tertiary/aromatic N) is 2. The van der Waals surface area contributed by atoms with E-state index in [1.807, 2.05) is 0 Å². The Balaban J connectivity index is 1.64. The number of aliphatic hydroxyl groups excluding tert-OH is 1. The molecule has 0 bridgehead atoms. The van der Waals surface area contributed by atoms with Gasteiger partial charge < -0.3 is 10.4 Å². The molecule has 1 fully saturated rings. The smallest absolute Gasteiger partial charge is 0.321 e. The number of benzene rings is 1. The van der Waals surface area contributed by atoms with E-state index >= 15 is 0 Å². The molecular formula is C14H16N4O4S. The minimum Gasteiger partial charge on any atom is -0.393 e. The Bertz CT molecular complexity index is 739. The number of thiazole rings is 1. The zero-order valence-corrected chi connectivity index (χ0v) is 13.0. The van der Waals surface area contributed by atoms with Crippen LogP contribution in [0.1, 0.15) is 25.7 Å². The molecule has 0 unspecified atom stereocenters. The van der Waals surface area contributed by atoms with E-state index in [0.29, 0.717) is 28.2 Å². The molecule has 1 heterocycles. The largest absolute Gasteiger partial charge is 0.393 e. The standard InChI is InChI=1S/C14H16N4O4S/c19-10-4-1-8(2-5-10)15-13(20)17-14-16-11-6-3-9(18(21)22)7-12(11)23-14/h3,6-8,10,19H,1-2,4-5H2,(H2,15,16,17,20). The molecule has 1 aliphatic carbocycles. The number of non-ortho nitro benzene ring substituents is 1. The lowest BCUT2D eigenvalue weighted by Gasteiger charge is -2.25. The van der Waals surface area contributed by atoms with E-state index < -0.39 is 4.92 Å². The fourth-order valence-electron chi connectivity index (χ4n) is 2.62. The summed E-state index contributed by atoms with van der Waals surface area (Å²) in [6.45, 7) is 0. The van der Waals surface area contributed by atoms with Crippen molar-refractivity contribution < 1.29 is 14.8 Å². The van der Waals surface area contributed by atoms with Gasteiger partial charge in [0.05, 0.1) is 21.2 Å². The highest BCUT2D eigenvalue weighted by Crippen LogP contribution is 2.29. The van der Waals surface area contributed by atoms with Gasteiger partial charge in [0.2, 0.25) is 0 Å². The Labute approximate surface area is 135 Å². The zero-order chi connectivity index (χ0) is 16.4. The molecule has 9 heteroatoms. The van der Waals surface area contributed by atoms with Crippen molar-refractivity contribution in [1.82, 2.24) is 10.3 Å². The van der Waals surface area contributed by atoms with Crippen LogP contribution in [0.4, 0.5) is 15.6 Å². The number of fused-ring (bicyclic) bond motifs is 1. The van der Waals surface area contributed by atoms with Crippen LogP contribution in [0.3, 0.4) is 0 Å². The maximum atomic E-state index is 12.0. The summed E-state index contributed by atoms with van der Waals surface area (Å²) in [5.74, 6) is 0. The zero-order valence-electron chi connectivity index (χ0n) is 12.2. The first-order valence-electron chi connectivity index (χ1n) is 7.32. The Hall–Kier alpha value is -2.26. The fraction of sp³-hybridized carbons (Fsp3) is 0.429. The first kappa shape index (κ1) is 15.6. The number of nitro groups is 1. The van der Waals surface area contributed by atoms with Gasteiger partial charge in [-0.15, -0.1) is 0 Å². The Morgan fingerprint density at radius 2 is 2.09 bits per heavy atom. The number of carbonyl (C=O) groups is 1. The Kier molecular flexibility index (Phi) is 4.39. The van der Waals surface area contributed by atoms with Gasteiger partial charge in [0.25, 0.3) is 5.69 Å². The Morgan fingerprint density at radius 1 is 1.35 bits per heavy atom. The molecule has 0 saturated heterocycles. The summed E-state index contributed by atoms with van der Waals surface area (Å²) in [5, 5.41) is 26.1. The number of aromatic nitrogens is 1. The van der Waals surface area contributed by atoms with Gasteiger partial charge in [0.15, 0.2) is 5.13 Å². The van der Waals surface area contributed by atoms with Gasteiger partial charge in [-0.05, 0) is 31.7 Å². The summed E-state index contributed by atoms with van der Waals surface area (Å²) >= 11 is 1.19. The summed E-state index contributed by atoms with van der Waals surface area (Å²) in [4.78, 5) is 26.5. The number of hydrogen-bond donors (Lipinski definition) is 3. The van der Waals surface area contributed by atoms with Crippen LogP contribution in [0.25, 0.3) is 10.2 Å². The van der Waals surface area contributed by atoms with Crippen LogP contribution in [0, 0.1) is 10.1 Å². The first-order chi connectivity index (χ1) is 11.0. The molecule has 3 N–H and O–H groups in total. The summed E-state index contributed by atoms with van der Waals surface area (Å²) in [5.41, 5.74) is 0.606. The monoisotopic (exact) mass is 336 g/mol. The quantitative estimate of drug-likeness (QED) is 0.588. The molecule has 2 aromatic rings. The van der Waals surface area contributed by atoms with E-state index in [1.165, 1.54) is 23.5 Å². The van der Waals surface area contributed by atoms with Gasteiger partial charge in [0.1, 0.15) is 0 Å². The van der Waals surface area contributed by atoms with Crippen LogP contribution in [-0.2, 0) is 0 Å². The number of nitrogens with one attached hydrogen (secondary N) is 2. The molecule has 3 rings (SSSR count). The molecule has 1 aliphatic rings. The molecule has 0 spiro atoms. The van der Waals surface area contributed by atoms with Crippen molar-refractivity contribution in [3.05, 3.63) is 28.3 Å². The molecule has 8 nitrogen and oxygen atoms in total. The lowest BCUT2D eigenvalue weighted by Crippen LogP contribution is -2.40. The van der Waals surface area contributed by atoms with Crippen LogP contribution in [0.15, 0.2) is 18.2 Å². The topological polar surface area (TPSA) is 117 Å². The summed E-state index contributed by atoms with van der Waals surface area (Å²) in [7, 11) is 0. The molecule has 2 amide bonds. The SMILES string of the molecule is O=C(Nc1nc2ccc([N+](=O)[O-])cc2s1)NC1CCC(O)CC1. The Morgan fingerprint density at radius 3 is 2.78 bits per heavy atom. The van der Waals surface area contributed by atoms with Gasteiger partial charge in [-0.25, -0.2) is 9.78 Å². The molecule has 1 saturated carbocycles. The number of nitro benzene ring substituents is 1. The van der Waals surface area contributed by atoms with Gasteiger partial charge in [-0.1, -0.05) is 11.3 Å². The lowest BCUT2D eigenvalue weighted by molar-refractivity contribution is -0.384. The predicted molar refractivity (Wildman–Crippen MR) is 86.7 cm³/mol. The molecule has 0 radical (unpaired) electrons. The number of anilines is 1. The van der Waals surface area contributed by atoms with Crippen molar-refractivity contribution in [2.24, 2.45) is 0 Å². The highest BCUT2D eigenvalue weighted by molar-refractivity contribution is 7.22. The van der Waals surface area contributed by atoms with E-state index in [-0.39, 0.29) is 23.9 Å². The number of urea groups is 1. The van der Waals surface area contributed by atoms with Crippen LogP contribution in [0.2, 0.25) is 0 Å². The number of carbonyl (C=O) groups excluding carboxylic acids is 1. The van der Waals surface area contributed by atoms with Gasteiger partial charge >= 0.3 is 6.03 Å². The molecule has 0 atom stereocenters. The highest BCUT2D eigenvalue weighted by Gasteiger charge is 2.21. The molecule has 0 aliphatic heterocycles. The average Bonchev–Trinajstić information content (AvgIpc) is 2.90. The van der Waals surface area contributed by atoms with Crippen molar-refractivity contribution in [2.45, 2.75) is 37.8 Å². The molecule has 23 heavy (non-hydrogen) atoms. The molecule has 1 aromatic carbocycles. The third-order valence-corrected chi connectivity index (χ3v) is 4.77. The van der Waals surface area contributed by atoms with Crippen molar-refractivity contribution in [1.29, 1.82) is 0 Å². The van der Waals surface area contributed by atoms with Crippen molar-refractivity contribution in [3.8, 4) is 0 Å². The first-order valence-corrected chi connectivity index (χ1v) is 8.13. The fourth-order valence-corrected chi connectivity index (χ4v) is 3.51. The second-order valence-corrected chi connectivity index (χ2v) is 6.56. The van der Waals surface area contributed by atoms with Gasteiger partial charge in [0, 0.05) is 18.2 Å². The maximum Gasteiger partial charge on any atom is 0.321 e. The van der Waals surface area contributed by atoms with E-state index in [4.69, 9.17) is 0 Å². The maximum absolute atomic E-state index is 12.0. The highest BCUT2D eigenvalue weighted by atomic mass is 32.1. The average molecular weight is 336 g/mol. The van der Waals surface area contributed by atoms with Crippen LogP contribution in [0.5, 0.6) is 0 Å². The van der Waals surface area contributed by atoms with Crippen molar-refractivity contribution in [2.75, 3.05) is 5.32 Å². The second-order valence-electron chi connectivity index (χ2n) is 5.53. The van der Waals surface area contributed by atoms with Crippen molar-refractivity contribution in [3.63, 3.8) is 0 Å². The summed E-state index contributed by atoms with van der Waals surface area (Å²) in [6, 6.07) is 4.10. The summed E-state index contributed by atoms with van der Waals surface area (Å²) < 4.78 is 0.648. The minimum absolute atomic E-state index is 0.00193. The van der Waals surface area contributed by atoms with Crippen LogP contribution < -0.4 is 10.6 Å². The van der Waals surface area contributed by atoms with Crippen LogP contribution >= 0.6 is 11.3 Å². The van der Waals surface area contributed by atoms with Crippen LogP contribution in [-0.4, -0.2) is 33.2 Å². The van der Waals surface area contributed by atoms with Gasteiger partial charge in [-0.2, -0.15) is 0 Å². The van der Waals surface area contributed by atoms with E-state index in [0.717, 1.165) is 12.8 Å². The predicted octanol–water partition coefficient (Wildman–Crippen LogP) is 2.63. The van der Waals surface area contributed by atoms with E-state index in [1.54, 1.807) is 6.07 Å². The minimum atomic E-state index is -0.462. The van der Waals surface area contributed by atoms with Crippen molar-refractivity contribution >= 4 is 38.4 Å². The normalized spacial score (nSPS) is 21.1. The van der Waals surface area contributed by atoms with Gasteiger partial charge in [-0.3, -0.25) is 15.4 Å².